The van der Waals surface area contributed by atoms with Gasteiger partial charge in [-0.15, -0.1) is 0 Å². The fourth-order valence-electron chi connectivity index (χ4n) is 5.02. The summed E-state index contributed by atoms with van der Waals surface area (Å²) in [6.45, 7) is 6.89. The van der Waals surface area contributed by atoms with Gasteiger partial charge in [0.05, 0.1) is 0 Å². The van der Waals surface area contributed by atoms with Gasteiger partial charge in [0, 0.05) is 55.3 Å². The molecule has 4 amide bonds. The molecule has 0 spiro atoms. The maximum atomic E-state index is 13.3. The monoisotopic (exact) mass is 575 g/mol. The van der Waals surface area contributed by atoms with E-state index in [0.717, 1.165) is 28.1 Å². The summed E-state index contributed by atoms with van der Waals surface area (Å²) >= 11 is 0. The normalized spacial score (nSPS) is 12.9. The van der Waals surface area contributed by atoms with Crippen LogP contribution in [0.4, 0.5) is 21.9 Å². The van der Waals surface area contributed by atoms with Crippen molar-refractivity contribution in [2.45, 2.75) is 20.4 Å². The van der Waals surface area contributed by atoms with Crippen LogP contribution in [0.1, 0.15) is 27.0 Å². The summed E-state index contributed by atoms with van der Waals surface area (Å²) in [7, 11) is 0. The van der Waals surface area contributed by atoms with E-state index in [1.165, 1.54) is 0 Å². The van der Waals surface area contributed by atoms with Crippen LogP contribution in [0.15, 0.2) is 103 Å². The lowest BCUT2D eigenvalue weighted by atomic mass is 10.1. The molecular formula is C35H37N5O3. The van der Waals surface area contributed by atoms with Crippen molar-refractivity contribution in [3.8, 4) is 0 Å². The summed E-state index contributed by atoms with van der Waals surface area (Å²) in [6, 6.07) is 32.4. The number of urea groups is 1. The number of nitrogens with zero attached hydrogens (tertiary/aromatic N) is 3. The maximum absolute atomic E-state index is 13.3. The predicted octanol–water partition coefficient (Wildman–Crippen LogP) is 5.94. The van der Waals surface area contributed by atoms with Crippen LogP contribution >= 0.6 is 0 Å². The number of carbonyl (C=O) groups excluding carboxylic acids is 3. The molecule has 0 radical (unpaired) electrons. The van der Waals surface area contributed by atoms with E-state index in [4.69, 9.17) is 0 Å². The molecule has 5 rings (SSSR count). The molecule has 220 valence electrons. The summed E-state index contributed by atoms with van der Waals surface area (Å²) in [5.41, 5.74) is 6.19. The highest BCUT2D eigenvalue weighted by molar-refractivity contribution is 5.99. The number of rotatable bonds is 8. The van der Waals surface area contributed by atoms with Gasteiger partial charge >= 0.3 is 6.03 Å². The Hall–Kier alpha value is -5.11. The quantitative estimate of drug-likeness (QED) is 0.272. The van der Waals surface area contributed by atoms with Crippen molar-refractivity contribution in [2.75, 3.05) is 48.3 Å². The number of nitrogens with one attached hydrogen (secondary N) is 2. The SMILES string of the molecule is Cc1ccc(NC(=O)N2CCN(c3ccc(NC(=O)CN(Cc4ccccc4)C(=O)c4ccc(C)cc4)cc3)CC2)cc1. The predicted molar refractivity (Wildman–Crippen MR) is 171 cm³/mol. The van der Waals surface area contributed by atoms with Gasteiger partial charge in [-0.2, -0.15) is 0 Å². The standard InChI is InChI=1S/C35H37N5O3/c1-26-8-12-29(13-9-26)34(42)40(24-28-6-4-3-5-7-28)25-33(41)36-30-16-18-32(19-17-30)38-20-22-39(23-21-38)35(43)37-31-14-10-27(2)11-15-31/h3-19H,20-25H2,1-2H3,(H,36,41)(H,37,43). The lowest BCUT2D eigenvalue weighted by Gasteiger charge is -2.36. The number of hydrogen-bond donors (Lipinski definition) is 2. The minimum absolute atomic E-state index is 0.0734. The first-order valence-electron chi connectivity index (χ1n) is 14.5. The van der Waals surface area contributed by atoms with E-state index >= 15 is 0 Å². The van der Waals surface area contributed by atoms with Crippen LogP contribution in [0.25, 0.3) is 0 Å². The Balaban J connectivity index is 1.15. The lowest BCUT2D eigenvalue weighted by molar-refractivity contribution is -0.117. The third-order valence-corrected chi connectivity index (χ3v) is 7.52. The maximum Gasteiger partial charge on any atom is 0.321 e. The zero-order valence-electron chi connectivity index (χ0n) is 24.6. The number of anilines is 3. The van der Waals surface area contributed by atoms with Gasteiger partial charge in [-0.25, -0.2) is 4.79 Å². The molecule has 1 fully saturated rings. The van der Waals surface area contributed by atoms with E-state index in [0.29, 0.717) is 44.0 Å². The van der Waals surface area contributed by atoms with Gasteiger partial charge in [0.25, 0.3) is 5.91 Å². The molecule has 1 aliphatic rings. The molecule has 1 aliphatic heterocycles. The summed E-state index contributed by atoms with van der Waals surface area (Å²) in [4.78, 5) is 44.7. The van der Waals surface area contributed by atoms with Gasteiger partial charge in [-0.3, -0.25) is 9.59 Å². The third-order valence-electron chi connectivity index (χ3n) is 7.52. The number of amides is 4. The van der Waals surface area contributed by atoms with Crippen LogP contribution in [0.5, 0.6) is 0 Å². The topological polar surface area (TPSA) is 85.0 Å². The molecule has 43 heavy (non-hydrogen) atoms. The molecule has 0 aliphatic carbocycles. The summed E-state index contributed by atoms with van der Waals surface area (Å²) < 4.78 is 0. The number of carbonyl (C=O) groups is 3. The molecule has 0 saturated carbocycles. The van der Waals surface area contributed by atoms with Gasteiger partial charge in [0.1, 0.15) is 6.54 Å². The molecule has 0 bridgehead atoms. The van der Waals surface area contributed by atoms with E-state index in [1.54, 1.807) is 17.0 Å². The second-order valence-electron chi connectivity index (χ2n) is 10.9. The van der Waals surface area contributed by atoms with Crippen molar-refractivity contribution in [3.05, 3.63) is 125 Å². The summed E-state index contributed by atoms with van der Waals surface area (Å²) in [5, 5.41) is 5.91. The Kier molecular flexibility index (Phi) is 9.36. The first-order chi connectivity index (χ1) is 20.8. The number of piperazine rings is 1. The highest BCUT2D eigenvalue weighted by Gasteiger charge is 2.22. The second-order valence-corrected chi connectivity index (χ2v) is 10.9. The van der Waals surface area contributed by atoms with E-state index < -0.39 is 0 Å². The first kappa shape index (κ1) is 29.4. The molecule has 2 N–H and O–H groups in total. The van der Waals surface area contributed by atoms with Crippen molar-refractivity contribution in [2.24, 2.45) is 0 Å². The Morgan fingerprint density at radius 3 is 1.86 bits per heavy atom. The molecule has 8 heteroatoms. The van der Waals surface area contributed by atoms with E-state index in [2.05, 4.69) is 15.5 Å². The largest absolute Gasteiger partial charge is 0.368 e. The molecule has 4 aromatic rings. The molecule has 4 aromatic carbocycles. The molecule has 1 saturated heterocycles. The van der Waals surface area contributed by atoms with Crippen molar-refractivity contribution in [1.29, 1.82) is 0 Å². The van der Waals surface area contributed by atoms with Crippen LogP contribution in [0, 0.1) is 13.8 Å². The first-order valence-corrected chi connectivity index (χ1v) is 14.5. The lowest BCUT2D eigenvalue weighted by Crippen LogP contribution is -2.50. The highest BCUT2D eigenvalue weighted by atomic mass is 16.2. The number of hydrogen-bond acceptors (Lipinski definition) is 4. The van der Waals surface area contributed by atoms with Crippen LogP contribution < -0.4 is 15.5 Å². The fraction of sp³-hybridized carbons (Fsp3) is 0.229. The van der Waals surface area contributed by atoms with Crippen LogP contribution in [0.2, 0.25) is 0 Å². The molecule has 8 nitrogen and oxygen atoms in total. The van der Waals surface area contributed by atoms with Gasteiger partial charge in [-0.05, 0) is 67.9 Å². The average molecular weight is 576 g/mol. The summed E-state index contributed by atoms with van der Waals surface area (Å²) in [6.07, 6.45) is 0. The number of benzene rings is 4. The van der Waals surface area contributed by atoms with Crippen LogP contribution in [0.3, 0.4) is 0 Å². The Morgan fingerprint density at radius 1 is 0.674 bits per heavy atom. The van der Waals surface area contributed by atoms with Crippen LogP contribution in [-0.4, -0.2) is 60.4 Å². The Morgan fingerprint density at radius 2 is 1.23 bits per heavy atom. The fourth-order valence-corrected chi connectivity index (χ4v) is 5.02. The second kappa shape index (κ2) is 13.7. The zero-order chi connectivity index (χ0) is 30.2. The molecule has 1 heterocycles. The number of aryl methyl sites for hydroxylation is 2. The molecule has 0 atom stereocenters. The van der Waals surface area contributed by atoms with Crippen LogP contribution in [-0.2, 0) is 11.3 Å². The van der Waals surface area contributed by atoms with Crippen molar-refractivity contribution >= 4 is 34.9 Å². The Bertz CT molecular complexity index is 1530. The van der Waals surface area contributed by atoms with Gasteiger partial charge in [0.15, 0.2) is 0 Å². The van der Waals surface area contributed by atoms with Crippen molar-refractivity contribution in [3.63, 3.8) is 0 Å². The van der Waals surface area contributed by atoms with E-state index in [-0.39, 0.29) is 24.4 Å². The minimum Gasteiger partial charge on any atom is -0.368 e. The minimum atomic E-state index is -0.266. The smallest absolute Gasteiger partial charge is 0.321 e. The van der Waals surface area contributed by atoms with Crippen molar-refractivity contribution < 1.29 is 14.4 Å². The van der Waals surface area contributed by atoms with Crippen molar-refractivity contribution in [1.82, 2.24) is 9.80 Å². The van der Waals surface area contributed by atoms with E-state index in [1.807, 2.05) is 110 Å². The third kappa shape index (κ3) is 8.01. The van der Waals surface area contributed by atoms with Gasteiger partial charge in [0.2, 0.25) is 5.91 Å². The summed E-state index contributed by atoms with van der Waals surface area (Å²) in [5.74, 6) is -0.460. The average Bonchev–Trinajstić information content (AvgIpc) is 3.03. The molecule has 0 unspecified atom stereocenters. The van der Waals surface area contributed by atoms with Gasteiger partial charge < -0.3 is 25.3 Å². The van der Waals surface area contributed by atoms with Gasteiger partial charge in [-0.1, -0.05) is 65.7 Å². The Labute approximate surface area is 252 Å². The molecule has 0 aromatic heterocycles. The zero-order valence-corrected chi connectivity index (χ0v) is 24.6. The van der Waals surface area contributed by atoms with E-state index in [9.17, 15) is 14.4 Å². The highest BCUT2D eigenvalue weighted by Crippen LogP contribution is 2.21. The molecular weight excluding hydrogens is 538 g/mol.